The normalized spacial score (nSPS) is 23.5. The second-order valence-electron chi connectivity index (χ2n) is 11.3. The third-order valence-corrected chi connectivity index (χ3v) is 9.18. The number of rotatable bonds is 12. The summed E-state index contributed by atoms with van der Waals surface area (Å²) in [6, 6.07) is 0. The molecule has 2 aliphatic rings. The molecule has 3 unspecified atom stereocenters. The Balaban J connectivity index is 1.99. The van der Waals surface area contributed by atoms with Crippen LogP contribution in [-0.2, 0) is 9.59 Å². The number of amides is 2. The Kier molecular flexibility index (Phi) is 9.39. The Hall–Kier alpha value is -0.900. The van der Waals surface area contributed by atoms with Crippen molar-refractivity contribution in [3.05, 3.63) is 0 Å². The van der Waals surface area contributed by atoms with Crippen LogP contribution in [0.15, 0.2) is 0 Å². The van der Waals surface area contributed by atoms with Gasteiger partial charge in [-0.15, -0.1) is 0 Å². The van der Waals surface area contributed by atoms with E-state index in [1.54, 1.807) is 0 Å². The maximum absolute atomic E-state index is 12.4. The Morgan fingerprint density at radius 3 is 2.20 bits per heavy atom. The van der Waals surface area contributed by atoms with Gasteiger partial charge in [0.25, 0.3) is 0 Å². The summed E-state index contributed by atoms with van der Waals surface area (Å²) in [6.45, 7) is 16.0. The Labute approximate surface area is 185 Å². The SMILES string of the molecule is CCCCCCC(CCC(C)C(C)(C)C(C)(C)C1CC(=O)NC1=O)C1CCNCC1. The highest BCUT2D eigenvalue weighted by atomic mass is 16.2. The number of imide groups is 1. The molecule has 0 spiro atoms. The molecule has 30 heavy (non-hydrogen) atoms. The first kappa shape index (κ1) is 25.4. The van der Waals surface area contributed by atoms with Crippen molar-refractivity contribution in [2.75, 3.05) is 13.1 Å². The van der Waals surface area contributed by atoms with E-state index in [0.717, 1.165) is 11.8 Å². The lowest BCUT2D eigenvalue weighted by Gasteiger charge is -2.49. The number of unbranched alkanes of at least 4 members (excludes halogenated alkanes) is 3. The molecule has 4 nitrogen and oxygen atoms in total. The predicted molar refractivity (Wildman–Crippen MR) is 125 cm³/mol. The van der Waals surface area contributed by atoms with E-state index in [1.165, 1.54) is 70.9 Å². The summed E-state index contributed by atoms with van der Waals surface area (Å²) in [6.07, 6.45) is 12.3. The molecule has 0 aromatic rings. The fourth-order valence-electron chi connectivity index (χ4n) is 5.81. The summed E-state index contributed by atoms with van der Waals surface area (Å²) in [5.74, 6) is 1.82. The number of carbonyl (C=O) groups excluding carboxylic acids is 2. The van der Waals surface area contributed by atoms with Crippen molar-refractivity contribution in [1.29, 1.82) is 0 Å². The standard InChI is InChI=1S/C26H48N2O2/c1-7-8-9-10-11-20(21-14-16-27-17-15-21)13-12-19(2)25(3,4)26(5,6)22-18-23(29)28-24(22)30/h19-22,27H,7-18H2,1-6H3,(H,28,29,30). The first-order chi connectivity index (χ1) is 14.1. The van der Waals surface area contributed by atoms with Crippen LogP contribution in [0.1, 0.15) is 106 Å². The minimum atomic E-state index is -0.214. The van der Waals surface area contributed by atoms with Gasteiger partial charge in [0.2, 0.25) is 11.8 Å². The van der Waals surface area contributed by atoms with Crippen molar-refractivity contribution in [2.45, 2.75) is 106 Å². The van der Waals surface area contributed by atoms with Gasteiger partial charge >= 0.3 is 0 Å². The van der Waals surface area contributed by atoms with Gasteiger partial charge in [-0.3, -0.25) is 14.9 Å². The van der Waals surface area contributed by atoms with Gasteiger partial charge in [-0.2, -0.15) is 0 Å². The Bertz CT molecular complexity index is 563. The summed E-state index contributed by atoms with van der Waals surface area (Å²) < 4.78 is 0. The van der Waals surface area contributed by atoms with Crippen molar-refractivity contribution >= 4 is 11.8 Å². The van der Waals surface area contributed by atoms with E-state index in [1.807, 2.05) is 0 Å². The second kappa shape index (κ2) is 11.1. The Morgan fingerprint density at radius 2 is 1.63 bits per heavy atom. The van der Waals surface area contributed by atoms with Gasteiger partial charge in [-0.05, 0) is 67.4 Å². The number of hydrogen-bond donors (Lipinski definition) is 2. The first-order valence-electron chi connectivity index (χ1n) is 12.7. The smallest absolute Gasteiger partial charge is 0.230 e. The van der Waals surface area contributed by atoms with Crippen molar-refractivity contribution in [2.24, 2.45) is 34.5 Å². The zero-order valence-electron chi connectivity index (χ0n) is 20.6. The van der Waals surface area contributed by atoms with Gasteiger partial charge in [-0.25, -0.2) is 0 Å². The van der Waals surface area contributed by atoms with E-state index in [-0.39, 0.29) is 28.6 Å². The molecule has 0 aliphatic carbocycles. The zero-order valence-corrected chi connectivity index (χ0v) is 20.6. The molecule has 0 radical (unpaired) electrons. The van der Waals surface area contributed by atoms with Crippen LogP contribution in [-0.4, -0.2) is 24.9 Å². The van der Waals surface area contributed by atoms with Crippen LogP contribution < -0.4 is 10.6 Å². The molecule has 3 atom stereocenters. The lowest BCUT2D eigenvalue weighted by molar-refractivity contribution is -0.130. The van der Waals surface area contributed by atoms with E-state index < -0.39 is 0 Å². The highest BCUT2D eigenvalue weighted by Gasteiger charge is 2.51. The summed E-state index contributed by atoms with van der Waals surface area (Å²) in [4.78, 5) is 24.2. The van der Waals surface area contributed by atoms with E-state index in [9.17, 15) is 9.59 Å². The minimum absolute atomic E-state index is 0.0134. The largest absolute Gasteiger partial charge is 0.317 e. The van der Waals surface area contributed by atoms with Crippen molar-refractivity contribution in [1.82, 2.24) is 10.6 Å². The van der Waals surface area contributed by atoms with E-state index in [2.05, 4.69) is 52.2 Å². The summed E-state index contributed by atoms with van der Waals surface area (Å²) in [5.41, 5.74) is -0.228. The third kappa shape index (κ3) is 6.08. The average Bonchev–Trinajstić information content (AvgIpc) is 3.06. The Morgan fingerprint density at radius 1 is 0.967 bits per heavy atom. The van der Waals surface area contributed by atoms with Crippen LogP contribution in [0.3, 0.4) is 0 Å². The molecule has 2 heterocycles. The van der Waals surface area contributed by atoms with Gasteiger partial charge in [0.15, 0.2) is 0 Å². The van der Waals surface area contributed by atoms with E-state index in [0.29, 0.717) is 12.3 Å². The third-order valence-electron chi connectivity index (χ3n) is 9.18. The van der Waals surface area contributed by atoms with Crippen LogP contribution >= 0.6 is 0 Å². The summed E-state index contributed by atoms with van der Waals surface area (Å²) in [7, 11) is 0. The molecule has 174 valence electrons. The van der Waals surface area contributed by atoms with Crippen LogP contribution in [0.4, 0.5) is 0 Å². The fraction of sp³-hybridized carbons (Fsp3) is 0.923. The molecular weight excluding hydrogens is 372 g/mol. The quantitative estimate of drug-likeness (QED) is 0.314. The summed E-state index contributed by atoms with van der Waals surface area (Å²) >= 11 is 0. The topological polar surface area (TPSA) is 58.2 Å². The molecule has 2 amide bonds. The number of piperidine rings is 1. The zero-order chi connectivity index (χ0) is 22.4. The lowest BCUT2D eigenvalue weighted by Crippen LogP contribution is -2.46. The molecule has 4 heteroatoms. The number of carbonyl (C=O) groups is 2. The molecule has 2 rings (SSSR count). The highest BCUT2D eigenvalue weighted by Crippen LogP contribution is 2.52. The number of nitrogens with one attached hydrogen (secondary N) is 2. The van der Waals surface area contributed by atoms with Gasteiger partial charge in [0, 0.05) is 6.42 Å². The molecule has 0 aromatic carbocycles. The lowest BCUT2D eigenvalue weighted by atomic mass is 9.55. The van der Waals surface area contributed by atoms with Gasteiger partial charge in [-0.1, -0.05) is 73.6 Å². The highest BCUT2D eigenvalue weighted by molar-refractivity contribution is 6.03. The number of hydrogen-bond acceptors (Lipinski definition) is 3. The van der Waals surface area contributed by atoms with Gasteiger partial charge in [0.1, 0.15) is 0 Å². The minimum Gasteiger partial charge on any atom is -0.317 e. The molecule has 2 saturated heterocycles. The van der Waals surface area contributed by atoms with E-state index in [4.69, 9.17) is 0 Å². The van der Waals surface area contributed by atoms with Crippen molar-refractivity contribution in [3.8, 4) is 0 Å². The van der Waals surface area contributed by atoms with Crippen molar-refractivity contribution < 1.29 is 9.59 Å². The van der Waals surface area contributed by atoms with Crippen LogP contribution in [0.25, 0.3) is 0 Å². The van der Waals surface area contributed by atoms with E-state index >= 15 is 0 Å². The maximum Gasteiger partial charge on any atom is 0.230 e. The molecule has 0 bridgehead atoms. The fourth-order valence-corrected chi connectivity index (χ4v) is 5.81. The maximum atomic E-state index is 12.4. The molecule has 0 aromatic heterocycles. The van der Waals surface area contributed by atoms with Crippen molar-refractivity contribution in [3.63, 3.8) is 0 Å². The first-order valence-corrected chi connectivity index (χ1v) is 12.7. The van der Waals surface area contributed by atoms with Crippen LogP contribution in [0.2, 0.25) is 0 Å². The molecular formula is C26H48N2O2. The molecule has 0 saturated carbocycles. The monoisotopic (exact) mass is 420 g/mol. The summed E-state index contributed by atoms with van der Waals surface area (Å²) in [5, 5.41) is 6.06. The van der Waals surface area contributed by atoms with Gasteiger partial charge < -0.3 is 5.32 Å². The van der Waals surface area contributed by atoms with Crippen LogP contribution in [0.5, 0.6) is 0 Å². The second-order valence-corrected chi connectivity index (χ2v) is 11.3. The van der Waals surface area contributed by atoms with Crippen LogP contribution in [0, 0.1) is 34.5 Å². The molecule has 2 aliphatic heterocycles. The van der Waals surface area contributed by atoms with Gasteiger partial charge in [0.05, 0.1) is 5.92 Å². The molecule has 2 fully saturated rings. The predicted octanol–water partition coefficient (Wildman–Crippen LogP) is 5.70. The average molecular weight is 421 g/mol. The molecule has 2 N–H and O–H groups in total.